The molecule has 0 bridgehead atoms. The van der Waals surface area contributed by atoms with Gasteiger partial charge in [0.2, 0.25) is 5.91 Å². The van der Waals surface area contributed by atoms with E-state index in [1.165, 1.54) is 25.6 Å². The summed E-state index contributed by atoms with van der Waals surface area (Å²) in [6.45, 7) is 8.78. The zero-order valence-electron chi connectivity index (χ0n) is 10.8. The van der Waals surface area contributed by atoms with Crippen molar-refractivity contribution in [2.75, 3.05) is 33.7 Å². The molecule has 0 aromatic rings. The molecule has 0 radical (unpaired) electrons. The number of hydrogen-bond acceptors (Lipinski definition) is 1. The van der Waals surface area contributed by atoms with E-state index in [-0.39, 0.29) is 18.3 Å². The van der Waals surface area contributed by atoms with Crippen molar-refractivity contribution in [3.63, 3.8) is 0 Å². The number of unbranched alkanes of at least 4 members (excludes halogenated alkanes) is 1. The number of halogens is 1. The first-order valence-corrected chi connectivity index (χ1v) is 5.74. The van der Waals surface area contributed by atoms with E-state index in [1.54, 1.807) is 0 Å². The highest BCUT2D eigenvalue weighted by molar-refractivity contribution is 5.86. The topological polar surface area (TPSA) is 29.1 Å². The second-order valence-electron chi connectivity index (χ2n) is 4.59. The molecule has 0 unspecified atom stereocenters. The van der Waals surface area contributed by atoms with Gasteiger partial charge in [0.15, 0.2) is 0 Å². The van der Waals surface area contributed by atoms with Crippen LogP contribution in [0.1, 0.15) is 26.2 Å². The van der Waals surface area contributed by atoms with E-state index in [1.807, 2.05) is 0 Å². The van der Waals surface area contributed by atoms with Crippen molar-refractivity contribution < 1.29 is 21.7 Å². The third kappa shape index (κ3) is 9.99. The zero-order chi connectivity index (χ0) is 11.7. The Hall–Kier alpha value is -0.540. The summed E-state index contributed by atoms with van der Waals surface area (Å²) in [4.78, 5) is 10.8. The van der Waals surface area contributed by atoms with Gasteiger partial charge in [-0.05, 0) is 25.3 Å². The number of nitrogens with one attached hydrogen (secondary N) is 1. The second-order valence-corrected chi connectivity index (χ2v) is 4.59. The van der Waals surface area contributed by atoms with Gasteiger partial charge in [-0.15, -0.1) is 0 Å². The molecular weight excluding hydrogens is 224 g/mol. The van der Waals surface area contributed by atoms with Crippen molar-refractivity contribution in [1.82, 2.24) is 5.32 Å². The van der Waals surface area contributed by atoms with Crippen LogP contribution in [0.4, 0.5) is 0 Å². The molecule has 0 aliphatic carbocycles. The summed E-state index contributed by atoms with van der Waals surface area (Å²) < 4.78 is 1.08. The summed E-state index contributed by atoms with van der Waals surface area (Å²) in [5, 5.41) is 2.79. The van der Waals surface area contributed by atoms with Crippen molar-refractivity contribution >= 4 is 5.91 Å². The fourth-order valence-corrected chi connectivity index (χ4v) is 1.67. The van der Waals surface area contributed by atoms with Gasteiger partial charge in [-0.25, -0.2) is 0 Å². The molecule has 1 amide bonds. The van der Waals surface area contributed by atoms with Gasteiger partial charge in [-0.3, -0.25) is 4.79 Å². The van der Waals surface area contributed by atoms with Crippen LogP contribution in [0.25, 0.3) is 0 Å². The quantitative estimate of drug-likeness (QED) is 0.318. The van der Waals surface area contributed by atoms with Crippen LogP contribution in [0.15, 0.2) is 12.7 Å². The third-order valence-corrected chi connectivity index (χ3v) is 2.50. The second kappa shape index (κ2) is 9.67. The van der Waals surface area contributed by atoms with Crippen LogP contribution in [-0.2, 0) is 4.79 Å². The van der Waals surface area contributed by atoms with Crippen molar-refractivity contribution in [2.24, 2.45) is 0 Å². The normalized spacial score (nSPS) is 10.4. The Morgan fingerprint density at radius 2 is 1.94 bits per heavy atom. The SMILES string of the molecule is C=CC(=O)NCCCC[N+](C)(C)CCC.[Cl-]. The molecule has 0 aliphatic heterocycles. The molecule has 0 heterocycles. The van der Waals surface area contributed by atoms with Crippen molar-refractivity contribution in [3.05, 3.63) is 12.7 Å². The number of nitrogens with zero attached hydrogens (tertiary/aromatic N) is 1. The zero-order valence-corrected chi connectivity index (χ0v) is 11.5. The summed E-state index contributed by atoms with van der Waals surface area (Å²) in [5.74, 6) is -0.0719. The van der Waals surface area contributed by atoms with Gasteiger partial charge in [0, 0.05) is 6.54 Å². The Morgan fingerprint density at radius 3 is 2.44 bits per heavy atom. The van der Waals surface area contributed by atoms with Crippen molar-refractivity contribution in [2.45, 2.75) is 26.2 Å². The molecule has 0 rings (SSSR count). The lowest BCUT2D eigenvalue weighted by molar-refractivity contribution is -0.890. The Balaban J connectivity index is 0. The molecule has 16 heavy (non-hydrogen) atoms. The van der Waals surface area contributed by atoms with Crippen LogP contribution in [0.5, 0.6) is 0 Å². The van der Waals surface area contributed by atoms with E-state index in [2.05, 4.69) is 32.9 Å². The summed E-state index contributed by atoms with van der Waals surface area (Å²) in [6.07, 6.45) is 4.74. The minimum Gasteiger partial charge on any atom is -1.00 e. The average molecular weight is 249 g/mol. The molecule has 0 aromatic carbocycles. The minimum absolute atomic E-state index is 0. The molecule has 0 saturated heterocycles. The molecule has 0 aromatic heterocycles. The number of amides is 1. The summed E-state index contributed by atoms with van der Waals surface area (Å²) in [6, 6.07) is 0. The molecule has 0 saturated carbocycles. The first kappa shape index (κ1) is 17.8. The van der Waals surface area contributed by atoms with Gasteiger partial charge in [0.05, 0.1) is 27.2 Å². The molecule has 0 aliphatic rings. The highest BCUT2D eigenvalue weighted by Gasteiger charge is 2.11. The van der Waals surface area contributed by atoms with E-state index in [0.29, 0.717) is 0 Å². The highest BCUT2D eigenvalue weighted by Crippen LogP contribution is 2.02. The van der Waals surface area contributed by atoms with E-state index in [4.69, 9.17) is 0 Å². The number of hydrogen-bond donors (Lipinski definition) is 1. The number of carbonyl (C=O) groups is 1. The van der Waals surface area contributed by atoms with E-state index in [9.17, 15) is 4.79 Å². The minimum atomic E-state index is -0.0719. The van der Waals surface area contributed by atoms with Gasteiger partial charge in [0.1, 0.15) is 0 Å². The molecule has 0 spiro atoms. The Labute approximate surface area is 106 Å². The standard InChI is InChI=1S/C12H24N2O.ClH/c1-5-10-14(3,4)11-8-7-9-13-12(15)6-2;/h6H,2,5,7-11H2,1,3-4H3;1H. The van der Waals surface area contributed by atoms with E-state index < -0.39 is 0 Å². The summed E-state index contributed by atoms with van der Waals surface area (Å²) in [7, 11) is 4.51. The molecule has 1 N–H and O–H groups in total. The number of quaternary nitrogens is 1. The van der Waals surface area contributed by atoms with Crippen LogP contribution in [0.3, 0.4) is 0 Å². The van der Waals surface area contributed by atoms with Crippen molar-refractivity contribution in [1.29, 1.82) is 0 Å². The summed E-state index contributed by atoms with van der Waals surface area (Å²) in [5.41, 5.74) is 0. The number of rotatable bonds is 8. The van der Waals surface area contributed by atoms with Crippen LogP contribution in [0.2, 0.25) is 0 Å². The predicted octanol–water partition coefficient (Wildman–Crippen LogP) is -1.44. The smallest absolute Gasteiger partial charge is 0.243 e. The van der Waals surface area contributed by atoms with Crippen LogP contribution in [0, 0.1) is 0 Å². The largest absolute Gasteiger partial charge is 1.00 e. The van der Waals surface area contributed by atoms with Gasteiger partial charge in [-0.1, -0.05) is 13.5 Å². The lowest BCUT2D eigenvalue weighted by Crippen LogP contribution is -3.00. The van der Waals surface area contributed by atoms with Crippen LogP contribution in [-0.4, -0.2) is 44.1 Å². The first-order chi connectivity index (χ1) is 7.02. The molecule has 96 valence electrons. The highest BCUT2D eigenvalue weighted by atomic mass is 35.5. The van der Waals surface area contributed by atoms with Gasteiger partial charge in [0.25, 0.3) is 0 Å². The van der Waals surface area contributed by atoms with Crippen molar-refractivity contribution in [3.8, 4) is 0 Å². The molecule has 0 atom stereocenters. The monoisotopic (exact) mass is 248 g/mol. The predicted molar refractivity (Wildman–Crippen MR) is 64.6 cm³/mol. The summed E-state index contributed by atoms with van der Waals surface area (Å²) >= 11 is 0. The fourth-order valence-electron chi connectivity index (χ4n) is 1.67. The molecule has 4 heteroatoms. The fraction of sp³-hybridized carbons (Fsp3) is 0.750. The lowest BCUT2D eigenvalue weighted by atomic mass is 10.2. The molecule has 3 nitrogen and oxygen atoms in total. The number of carbonyl (C=O) groups excluding carboxylic acids is 1. The average Bonchev–Trinajstić information content (AvgIpc) is 2.16. The van der Waals surface area contributed by atoms with Gasteiger partial charge in [-0.2, -0.15) is 0 Å². The van der Waals surface area contributed by atoms with Crippen LogP contribution >= 0.6 is 0 Å². The Bertz CT molecular complexity index is 205. The van der Waals surface area contributed by atoms with Gasteiger partial charge >= 0.3 is 0 Å². The maximum Gasteiger partial charge on any atom is 0.243 e. The van der Waals surface area contributed by atoms with E-state index >= 15 is 0 Å². The molecular formula is C12H25ClN2O. The van der Waals surface area contributed by atoms with Gasteiger partial charge < -0.3 is 22.2 Å². The lowest BCUT2D eigenvalue weighted by Gasteiger charge is -2.29. The maximum atomic E-state index is 10.8. The first-order valence-electron chi connectivity index (χ1n) is 5.74. The van der Waals surface area contributed by atoms with Crippen LogP contribution < -0.4 is 17.7 Å². The maximum absolute atomic E-state index is 10.8. The third-order valence-electron chi connectivity index (χ3n) is 2.50. The Morgan fingerprint density at radius 1 is 1.31 bits per heavy atom. The Kier molecular flexibility index (Phi) is 10.8. The molecule has 0 fully saturated rings. The van der Waals surface area contributed by atoms with E-state index in [0.717, 1.165) is 23.9 Å².